The van der Waals surface area contributed by atoms with E-state index in [4.69, 9.17) is 11.6 Å². The topological polar surface area (TPSA) is 72.4 Å². The van der Waals surface area contributed by atoms with Crippen LogP contribution in [-0.2, 0) is 14.3 Å². The lowest BCUT2D eigenvalue weighted by atomic mass is 10.1. The summed E-state index contributed by atoms with van der Waals surface area (Å²) in [7, 11) is 1.30. The van der Waals surface area contributed by atoms with E-state index in [0.29, 0.717) is 10.3 Å². The van der Waals surface area contributed by atoms with E-state index in [1.165, 1.54) is 12.0 Å². The highest BCUT2D eigenvalue weighted by Crippen LogP contribution is 2.30. The molecule has 1 fully saturated rings. The highest BCUT2D eigenvalue weighted by Gasteiger charge is 2.37. The molecule has 2 heterocycles. The number of esters is 1. The van der Waals surface area contributed by atoms with Crippen molar-refractivity contribution in [2.24, 2.45) is 5.92 Å². The van der Waals surface area contributed by atoms with Crippen LogP contribution < -0.4 is 4.90 Å². The van der Waals surface area contributed by atoms with Gasteiger partial charge in [-0.15, -0.1) is 10.2 Å². The molecule has 1 amide bonds. The minimum absolute atomic E-state index is 0.115. The van der Waals surface area contributed by atoms with Crippen molar-refractivity contribution in [2.75, 3.05) is 18.6 Å². The second-order valence-electron chi connectivity index (χ2n) is 3.77. The molecule has 1 aromatic heterocycles. The quantitative estimate of drug-likeness (QED) is 0.765. The van der Waals surface area contributed by atoms with Crippen LogP contribution in [0.5, 0.6) is 0 Å². The number of aromatic nitrogens is 2. The van der Waals surface area contributed by atoms with Gasteiger partial charge in [-0.3, -0.25) is 14.5 Å². The average molecular weight is 335 g/mol. The number of carbonyl (C=O) groups excluding carboxylic acids is 2. The summed E-state index contributed by atoms with van der Waals surface area (Å²) in [4.78, 5) is 24.6. The van der Waals surface area contributed by atoms with Gasteiger partial charge < -0.3 is 4.74 Å². The molecule has 1 unspecified atom stereocenters. The van der Waals surface area contributed by atoms with Gasteiger partial charge in [-0.2, -0.15) is 0 Å². The van der Waals surface area contributed by atoms with E-state index in [0.717, 1.165) is 0 Å². The first-order valence-electron chi connectivity index (χ1n) is 5.10. The highest BCUT2D eigenvalue weighted by atomic mass is 79.9. The molecule has 18 heavy (non-hydrogen) atoms. The molecule has 1 saturated heterocycles. The highest BCUT2D eigenvalue weighted by molar-refractivity contribution is 9.10. The third-order valence-corrected chi connectivity index (χ3v) is 3.38. The van der Waals surface area contributed by atoms with Crippen LogP contribution in [0.2, 0.25) is 5.15 Å². The summed E-state index contributed by atoms with van der Waals surface area (Å²) in [5.74, 6) is -0.700. The van der Waals surface area contributed by atoms with Crippen molar-refractivity contribution in [3.05, 3.63) is 15.7 Å². The second-order valence-corrected chi connectivity index (χ2v) is 5.01. The third kappa shape index (κ3) is 2.46. The predicted octanol–water partition coefficient (Wildman–Crippen LogP) is 1.42. The second kappa shape index (κ2) is 5.19. The number of carbonyl (C=O) groups is 2. The number of halogens is 2. The first-order chi connectivity index (χ1) is 8.52. The molecule has 0 aromatic carbocycles. The van der Waals surface area contributed by atoms with Crippen LogP contribution in [0.4, 0.5) is 5.82 Å². The Hall–Kier alpha value is -1.21. The Labute approximate surface area is 116 Å². The standard InChI is InChI=1S/C10H9BrClN3O3/c1-18-10(17)5-2-8(16)15(4-5)9-6(11)3-7(12)13-14-9/h3,5H,2,4H2,1H3. The zero-order valence-electron chi connectivity index (χ0n) is 9.39. The zero-order valence-corrected chi connectivity index (χ0v) is 11.7. The maximum atomic E-state index is 11.8. The molecule has 1 aliphatic heterocycles. The number of methoxy groups -OCH3 is 1. The molecule has 0 radical (unpaired) electrons. The van der Waals surface area contributed by atoms with E-state index in [1.807, 2.05) is 0 Å². The van der Waals surface area contributed by atoms with Crippen LogP contribution in [0.25, 0.3) is 0 Å². The summed E-state index contributed by atoms with van der Waals surface area (Å²) in [6.45, 7) is 0.237. The molecule has 0 bridgehead atoms. The molecule has 0 saturated carbocycles. The van der Waals surface area contributed by atoms with Gasteiger partial charge >= 0.3 is 5.97 Å². The number of hydrogen-bond donors (Lipinski definition) is 0. The average Bonchev–Trinajstić information content (AvgIpc) is 2.70. The number of ether oxygens (including phenoxy) is 1. The van der Waals surface area contributed by atoms with E-state index in [2.05, 4.69) is 30.9 Å². The largest absolute Gasteiger partial charge is 0.469 e. The lowest BCUT2D eigenvalue weighted by molar-refractivity contribution is -0.145. The van der Waals surface area contributed by atoms with Gasteiger partial charge in [0, 0.05) is 13.0 Å². The number of rotatable bonds is 2. The number of amides is 1. The smallest absolute Gasteiger partial charge is 0.311 e. The minimum atomic E-state index is -0.466. The third-order valence-electron chi connectivity index (χ3n) is 2.61. The molecule has 1 aromatic rings. The van der Waals surface area contributed by atoms with E-state index >= 15 is 0 Å². The van der Waals surface area contributed by atoms with Crippen LogP contribution in [0.3, 0.4) is 0 Å². The van der Waals surface area contributed by atoms with Gasteiger partial charge in [-0.25, -0.2) is 0 Å². The molecule has 0 N–H and O–H groups in total. The van der Waals surface area contributed by atoms with Gasteiger partial charge in [0.05, 0.1) is 17.5 Å². The molecular weight excluding hydrogens is 325 g/mol. The summed E-state index contributed by atoms with van der Waals surface area (Å²) in [6.07, 6.45) is 0.115. The van der Waals surface area contributed by atoms with Gasteiger partial charge in [0.15, 0.2) is 11.0 Å². The molecule has 8 heteroatoms. The molecule has 6 nitrogen and oxygen atoms in total. The van der Waals surface area contributed by atoms with E-state index in [-0.39, 0.29) is 24.0 Å². The van der Waals surface area contributed by atoms with Gasteiger partial charge in [0.25, 0.3) is 0 Å². The van der Waals surface area contributed by atoms with Crippen molar-refractivity contribution >= 4 is 45.2 Å². The SMILES string of the molecule is COC(=O)C1CC(=O)N(c2nnc(Cl)cc2Br)C1. The fraction of sp³-hybridized carbons (Fsp3) is 0.400. The van der Waals surface area contributed by atoms with Gasteiger partial charge in [0.1, 0.15) is 0 Å². The first-order valence-corrected chi connectivity index (χ1v) is 6.27. The van der Waals surface area contributed by atoms with Gasteiger partial charge in [0.2, 0.25) is 5.91 Å². The molecular formula is C10H9BrClN3O3. The fourth-order valence-corrected chi connectivity index (χ4v) is 2.55. The summed E-state index contributed by atoms with van der Waals surface area (Å²) in [6, 6.07) is 1.54. The Morgan fingerprint density at radius 2 is 2.33 bits per heavy atom. The zero-order chi connectivity index (χ0) is 13.3. The number of anilines is 1. The fourth-order valence-electron chi connectivity index (χ4n) is 1.76. The lowest BCUT2D eigenvalue weighted by Crippen LogP contribution is -2.27. The van der Waals surface area contributed by atoms with Gasteiger partial charge in [-0.1, -0.05) is 11.6 Å². The van der Waals surface area contributed by atoms with E-state index in [9.17, 15) is 9.59 Å². The summed E-state index contributed by atoms with van der Waals surface area (Å²) >= 11 is 8.94. The molecule has 1 atom stereocenters. The predicted molar refractivity (Wildman–Crippen MR) is 67.2 cm³/mol. The molecule has 0 spiro atoms. The Morgan fingerprint density at radius 3 is 2.94 bits per heavy atom. The van der Waals surface area contributed by atoms with Crippen molar-refractivity contribution in [2.45, 2.75) is 6.42 Å². The van der Waals surface area contributed by atoms with Crippen molar-refractivity contribution in [3.8, 4) is 0 Å². The minimum Gasteiger partial charge on any atom is -0.469 e. The Bertz CT molecular complexity index is 511. The lowest BCUT2D eigenvalue weighted by Gasteiger charge is -2.15. The Morgan fingerprint density at radius 1 is 1.61 bits per heavy atom. The van der Waals surface area contributed by atoms with E-state index in [1.54, 1.807) is 6.07 Å². The van der Waals surface area contributed by atoms with Crippen LogP contribution in [0.15, 0.2) is 10.5 Å². The van der Waals surface area contributed by atoms with Crippen molar-refractivity contribution in [1.82, 2.24) is 10.2 Å². The number of hydrogen-bond acceptors (Lipinski definition) is 5. The molecule has 1 aliphatic rings. The normalized spacial score (nSPS) is 19.2. The van der Waals surface area contributed by atoms with Gasteiger partial charge in [-0.05, 0) is 22.0 Å². The van der Waals surface area contributed by atoms with Crippen LogP contribution in [0, 0.1) is 5.92 Å². The van der Waals surface area contributed by atoms with Crippen LogP contribution >= 0.6 is 27.5 Å². The maximum Gasteiger partial charge on any atom is 0.311 e. The monoisotopic (exact) mass is 333 g/mol. The van der Waals surface area contributed by atoms with Crippen LogP contribution in [-0.4, -0.2) is 35.7 Å². The molecule has 2 rings (SSSR count). The first kappa shape index (κ1) is 13.2. The van der Waals surface area contributed by atoms with Crippen molar-refractivity contribution in [3.63, 3.8) is 0 Å². The molecule has 0 aliphatic carbocycles. The maximum absolute atomic E-state index is 11.8. The summed E-state index contributed by atoms with van der Waals surface area (Å²) < 4.78 is 5.19. The van der Waals surface area contributed by atoms with E-state index < -0.39 is 11.9 Å². The summed E-state index contributed by atoms with van der Waals surface area (Å²) in [5.41, 5.74) is 0. The molecule has 96 valence electrons. The van der Waals surface area contributed by atoms with Crippen LogP contribution in [0.1, 0.15) is 6.42 Å². The summed E-state index contributed by atoms with van der Waals surface area (Å²) in [5, 5.41) is 7.76. The van der Waals surface area contributed by atoms with Crippen molar-refractivity contribution < 1.29 is 14.3 Å². The Kier molecular flexibility index (Phi) is 3.82. The Balaban J connectivity index is 2.24. The van der Waals surface area contributed by atoms with Crippen molar-refractivity contribution in [1.29, 1.82) is 0 Å². The number of nitrogens with zero attached hydrogens (tertiary/aromatic N) is 3.